The average Bonchev–Trinajstić information content (AvgIpc) is 3.12. The monoisotopic (exact) mass is 295 g/mol. The lowest BCUT2D eigenvalue weighted by Crippen LogP contribution is -2.46. The van der Waals surface area contributed by atoms with Crippen LogP contribution >= 0.6 is 11.5 Å². The number of aromatic nitrogens is 2. The van der Waals surface area contributed by atoms with Crippen LogP contribution in [0.3, 0.4) is 0 Å². The van der Waals surface area contributed by atoms with E-state index in [1.807, 2.05) is 0 Å². The van der Waals surface area contributed by atoms with Crippen molar-refractivity contribution in [1.29, 1.82) is 0 Å². The second-order valence-electron chi connectivity index (χ2n) is 5.38. The SMILES string of the molecule is COC(=O)C1CC2CCCCC2N1C(=O)c1cnns1. The summed E-state index contributed by atoms with van der Waals surface area (Å²) >= 11 is 1.07. The van der Waals surface area contributed by atoms with Crippen LogP contribution in [-0.2, 0) is 9.53 Å². The Morgan fingerprint density at radius 3 is 2.90 bits per heavy atom. The van der Waals surface area contributed by atoms with Gasteiger partial charge in [0.25, 0.3) is 5.91 Å². The lowest BCUT2D eigenvalue weighted by Gasteiger charge is -2.32. The topological polar surface area (TPSA) is 72.4 Å². The van der Waals surface area contributed by atoms with Gasteiger partial charge in [-0.2, -0.15) is 0 Å². The first-order valence-corrected chi connectivity index (χ1v) is 7.67. The van der Waals surface area contributed by atoms with E-state index in [2.05, 4.69) is 9.59 Å². The second kappa shape index (κ2) is 5.47. The van der Waals surface area contributed by atoms with E-state index in [0.29, 0.717) is 10.8 Å². The maximum absolute atomic E-state index is 12.6. The highest BCUT2D eigenvalue weighted by molar-refractivity contribution is 7.07. The molecule has 0 aromatic carbocycles. The molecule has 0 bridgehead atoms. The summed E-state index contributed by atoms with van der Waals surface area (Å²) < 4.78 is 8.61. The van der Waals surface area contributed by atoms with Crippen molar-refractivity contribution in [3.63, 3.8) is 0 Å². The van der Waals surface area contributed by atoms with Crippen LogP contribution < -0.4 is 0 Å². The first-order chi connectivity index (χ1) is 9.72. The summed E-state index contributed by atoms with van der Waals surface area (Å²) in [4.78, 5) is 26.9. The van der Waals surface area contributed by atoms with Gasteiger partial charge in [-0.05, 0) is 36.7 Å². The molecule has 0 N–H and O–H groups in total. The molecule has 3 unspecified atom stereocenters. The summed E-state index contributed by atoms with van der Waals surface area (Å²) in [6.45, 7) is 0. The van der Waals surface area contributed by atoms with Gasteiger partial charge in [0.1, 0.15) is 10.9 Å². The number of esters is 1. The Morgan fingerprint density at radius 1 is 1.40 bits per heavy atom. The molecule has 108 valence electrons. The van der Waals surface area contributed by atoms with Crippen molar-refractivity contribution in [1.82, 2.24) is 14.5 Å². The van der Waals surface area contributed by atoms with E-state index < -0.39 is 6.04 Å². The fourth-order valence-electron chi connectivity index (χ4n) is 3.49. The molecule has 6 nitrogen and oxygen atoms in total. The van der Waals surface area contributed by atoms with Crippen molar-refractivity contribution >= 4 is 23.4 Å². The number of rotatable bonds is 2. The highest BCUT2D eigenvalue weighted by atomic mass is 32.1. The Kier molecular flexibility index (Phi) is 3.69. The number of methoxy groups -OCH3 is 1. The van der Waals surface area contributed by atoms with E-state index in [0.717, 1.165) is 37.2 Å². The van der Waals surface area contributed by atoms with Crippen LogP contribution in [0.4, 0.5) is 0 Å². The van der Waals surface area contributed by atoms with Gasteiger partial charge in [0.2, 0.25) is 0 Å². The zero-order chi connectivity index (χ0) is 14.1. The van der Waals surface area contributed by atoms with Crippen LogP contribution in [-0.4, -0.2) is 45.6 Å². The molecule has 1 aliphatic heterocycles. The van der Waals surface area contributed by atoms with Crippen molar-refractivity contribution < 1.29 is 14.3 Å². The summed E-state index contributed by atoms with van der Waals surface area (Å²) in [5.74, 6) is -0.0345. The summed E-state index contributed by atoms with van der Waals surface area (Å²) in [6, 6.07) is -0.301. The van der Waals surface area contributed by atoms with E-state index >= 15 is 0 Å². The predicted octanol–water partition coefficient (Wildman–Crippen LogP) is 1.48. The molecule has 1 saturated heterocycles. The van der Waals surface area contributed by atoms with Crippen LogP contribution in [0.5, 0.6) is 0 Å². The average molecular weight is 295 g/mol. The van der Waals surface area contributed by atoms with E-state index in [4.69, 9.17) is 4.74 Å². The van der Waals surface area contributed by atoms with Gasteiger partial charge in [-0.25, -0.2) is 4.79 Å². The van der Waals surface area contributed by atoms with Gasteiger partial charge in [-0.3, -0.25) is 4.79 Å². The largest absolute Gasteiger partial charge is 0.467 e. The molecule has 1 amide bonds. The predicted molar refractivity (Wildman–Crippen MR) is 72.2 cm³/mol. The molecule has 2 heterocycles. The molecule has 1 aromatic heterocycles. The lowest BCUT2D eigenvalue weighted by atomic mass is 9.85. The molecule has 7 heteroatoms. The molecule has 20 heavy (non-hydrogen) atoms. The third-order valence-corrected chi connectivity index (χ3v) is 5.02. The standard InChI is InChI=1S/C13H17N3O3S/c1-19-13(18)10-6-8-4-2-3-5-9(8)16(10)12(17)11-7-14-15-20-11/h7-10H,2-6H2,1H3. The number of nitrogens with zero attached hydrogens (tertiary/aromatic N) is 3. The lowest BCUT2D eigenvalue weighted by molar-refractivity contribution is -0.145. The van der Waals surface area contributed by atoms with Crippen molar-refractivity contribution in [2.45, 2.75) is 44.2 Å². The second-order valence-corrected chi connectivity index (χ2v) is 6.17. The highest BCUT2D eigenvalue weighted by Crippen LogP contribution is 2.40. The van der Waals surface area contributed by atoms with Crippen molar-refractivity contribution in [3.05, 3.63) is 11.1 Å². The van der Waals surface area contributed by atoms with Crippen LogP contribution in [0, 0.1) is 5.92 Å². The number of likely N-dealkylation sites (tertiary alicyclic amines) is 1. The Morgan fingerprint density at radius 2 is 2.20 bits per heavy atom. The Bertz CT molecular complexity index is 505. The third-order valence-electron chi connectivity index (χ3n) is 4.37. The summed E-state index contributed by atoms with van der Waals surface area (Å²) in [6.07, 6.45) is 6.53. The number of amides is 1. The smallest absolute Gasteiger partial charge is 0.328 e. The van der Waals surface area contributed by atoms with E-state index in [9.17, 15) is 9.59 Å². The van der Waals surface area contributed by atoms with Crippen LogP contribution in [0.15, 0.2) is 6.20 Å². The number of hydrogen-bond acceptors (Lipinski definition) is 6. The summed E-state index contributed by atoms with van der Waals surface area (Å²) in [5, 5.41) is 3.71. The van der Waals surface area contributed by atoms with Gasteiger partial charge in [0.15, 0.2) is 0 Å². The van der Waals surface area contributed by atoms with Gasteiger partial charge >= 0.3 is 5.97 Å². The van der Waals surface area contributed by atoms with Crippen LogP contribution in [0.25, 0.3) is 0 Å². The van der Waals surface area contributed by atoms with E-state index in [1.165, 1.54) is 19.7 Å². The molecular formula is C13H17N3O3S. The molecule has 2 aliphatic rings. The molecule has 0 radical (unpaired) electrons. The Balaban J connectivity index is 1.90. The van der Waals surface area contributed by atoms with Gasteiger partial charge in [-0.1, -0.05) is 17.3 Å². The van der Waals surface area contributed by atoms with E-state index in [1.54, 1.807) is 4.90 Å². The first kappa shape index (κ1) is 13.5. The number of carbonyl (C=O) groups excluding carboxylic acids is 2. The number of hydrogen-bond donors (Lipinski definition) is 0. The van der Waals surface area contributed by atoms with Gasteiger partial charge < -0.3 is 9.64 Å². The number of ether oxygens (including phenoxy) is 1. The molecule has 1 saturated carbocycles. The maximum atomic E-state index is 12.6. The molecule has 1 aromatic rings. The zero-order valence-corrected chi connectivity index (χ0v) is 12.1. The third kappa shape index (κ3) is 2.19. The molecule has 3 rings (SSSR count). The zero-order valence-electron chi connectivity index (χ0n) is 11.3. The van der Waals surface area contributed by atoms with Gasteiger partial charge in [0, 0.05) is 6.04 Å². The summed E-state index contributed by atoms with van der Waals surface area (Å²) in [7, 11) is 1.38. The quantitative estimate of drug-likeness (QED) is 0.773. The number of carbonyl (C=O) groups is 2. The normalized spacial score (nSPS) is 29.1. The Hall–Kier alpha value is -1.50. The fraction of sp³-hybridized carbons (Fsp3) is 0.692. The van der Waals surface area contributed by atoms with Crippen molar-refractivity contribution in [3.8, 4) is 0 Å². The fourth-order valence-corrected chi connectivity index (χ4v) is 3.95. The summed E-state index contributed by atoms with van der Waals surface area (Å²) in [5.41, 5.74) is 0. The molecule has 0 spiro atoms. The Labute approximate surface area is 121 Å². The van der Waals surface area contributed by atoms with Crippen molar-refractivity contribution in [2.24, 2.45) is 5.92 Å². The van der Waals surface area contributed by atoms with Crippen LogP contribution in [0.2, 0.25) is 0 Å². The molecule has 1 aliphatic carbocycles. The molecule has 3 atom stereocenters. The van der Waals surface area contributed by atoms with Gasteiger partial charge in [0.05, 0.1) is 13.3 Å². The van der Waals surface area contributed by atoms with Crippen molar-refractivity contribution in [2.75, 3.05) is 7.11 Å². The number of fused-ring (bicyclic) bond motifs is 1. The van der Waals surface area contributed by atoms with Gasteiger partial charge in [-0.15, -0.1) is 5.10 Å². The minimum absolute atomic E-state index is 0.134. The minimum Gasteiger partial charge on any atom is -0.467 e. The first-order valence-electron chi connectivity index (χ1n) is 6.90. The van der Waals surface area contributed by atoms with Crippen LogP contribution in [0.1, 0.15) is 41.8 Å². The molecular weight excluding hydrogens is 278 g/mol. The maximum Gasteiger partial charge on any atom is 0.328 e. The molecule has 2 fully saturated rings. The minimum atomic E-state index is -0.456. The highest BCUT2D eigenvalue weighted by Gasteiger charge is 2.48. The van der Waals surface area contributed by atoms with E-state index in [-0.39, 0.29) is 17.9 Å².